The molecule has 5 heteroatoms. The Morgan fingerprint density at radius 2 is 1.76 bits per heavy atom. The van der Waals surface area contributed by atoms with Crippen LogP contribution in [0.2, 0.25) is 0 Å². The van der Waals surface area contributed by atoms with Gasteiger partial charge >= 0.3 is 5.97 Å². The number of esters is 1. The van der Waals surface area contributed by atoms with Crippen LogP contribution >= 0.6 is 0 Å². The molecule has 0 radical (unpaired) electrons. The van der Waals surface area contributed by atoms with Crippen molar-refractivity contribution in [3.8, 4) is 0 Å². The van der Waals surface area contributed by atoms with E-state index in [1.54, 1.807) is 13.0 Å². The molecule has 1 saturated heterocycles. The van der Waals surface area contributed by atoms with E-state index in [9.17, 15) is 9.59 Å². The van der Waals surface area contributed by atoms with Crippen molar-refractivity contribution in [1.82, 2.24) is 4.98 Å². The number of methoxy groups -OCH3 is 1. The number of hydrogen-bond acceptors (Lipinski definition) is 5. The van der Waals surface area contributed by atoms with Gasteiger partial charge in [0.2, 0.25) is 0 Å². The number of pyridine rings is 1. The van der Waals surface area contributed by atoms with Crippen molar-refractivity contribution in [3.05, 3.63) is 59.3 Å². The predicted molar refractivity (Wildman–Crippen MR) is 96.0 cm³/mol. The van der Waals surface area contributed by atoms with E-state index in [2.05, 4.69) is 9.88 Å². The number of ketones is 1. The molecule has 0 bridgehead atoms. The molecule has 0 N–H and O–H groups in total. The van der Waals surface area contributed by atoms with Crippen LogP contribution in [-0.4, -0.2) is 36.9 Å². The van der Waals surface area contributed by atoms with Gasteiger partial charge in [-0.1, -0.05) is 30.3 Å². The van der Waals surface area contributed by atoms with Gasteiger partial charge in [-0.2, -0.15) is 0 Å². The van der Waals surface area contributed by atoms with Crippen LogP contribution in [0.4, 0.5) is 5.82 Å². The normalized spacial score (nSPS) is 15.0. The Bertz CT molecular complexity index is 766. The van der Waals surface area contributed by atoms with Crippen LogP contribution in [0.25, 0.3) is 0 Å². The Balaban J connectivity index is 1.65. The molecule has 0 atom stereocenters. The third-order valence-corrected chi connectivity index (χ3v) is 4.72. The highest BCUT2D eigenvalue weighted by Gasteiger charge is 2.26. The maximum atomic E-state index is 12.6. The van der Waals surface area contributed by atoms with Gasteiger partial charge in [0.15, 0.2) is 5.78 Å². The summed E-state index contributed by atoms with van der Waals surface area (Å²) >= 11 is 0. The number of nitrogens with zero attached hydrogens (tertiary/aromatic N) is 2. The van der Waals surface area contributed by atoms with Crippen LogP contribution in [0.5, 0.6) is 0 Å². The van der Waals surface area contributed by atoms with Gasteiger partial charge in [0.25, 0.3) is 0 Å². The number of aromatic nitrogens is 1. The summed E-state index contributed by atoms with van der Waals surface area (Å²) in [5.41, 5.74) is 1.93. The van der Waals surface area contributed by atoms with Gasteiger partial charge < -0.3 is 9.64 Å². The molecular formula is C20H22N2O3. The van der Waals surface area contributed by atoms with Crippen LogP contribution in [0.1, 0.15) is 39.3 Å². The van der Waals surface area contributed by atoms with Crippen LogP contribution in [0.15, 0.2) is 42.5 Å². The first-order chi connectivity index (χ1) is 12.1. The minimum Gasteiger partial charge on any atom is -0.465 e. The lowest BCUT2D eigenvalue weighted by molar-refractivity contribution is 0.0599. The summed E-state index contributed by atoms with van der Waals surface area (Å²) in [7, 11) is 1.37. The van der Waals surface area contributed by atoms with Gasteiger partial charge in [0, 0.05) is 24.6 Å². The van der Waals surface area contributed by atoms with Crippen molar-refractivity contribution in [2.75, 3.05) is 25.1 Å². The molecule has 1 fully saturated rings. The molecule has 1 aliphatic rings. The number of hydrogen-bond donors (Lipinski definition) is 0. The molecule has 0 aliphatic carbocycles. The number of anilines is 1. The Labute approximate surface area is 147 Å². The molecule has 0 unspecified atom stereocenters. The second-order valence-electron chi connectivity index (χ2n) is 6.29. The number of Topliss-reactive ketones (excluding diaryl/α,β-unsaturated/α-hetero) is 1. The SMILES string of the molecule is COC(=O)c1ccc(N2CCC(C(=O)c3ccccc3)CC2)nc1C. The molecule has 3 rings (SSSR count). The average Bonchev–Trinajstić information content (AvgIpc) is 2.67. The summed E-state index contributed by atoms with van der Waals surface area (Å²) in [6, 6.07) is 13.1. The van der Waals surface area contributed by atoms with Crippen molar-refractivity contribution in [3.63, 3.8) is 0 Å². The third-order valence-electron chi connectivity index (χ3n) is 4.72. The van der Waals surface area contributed by atoms with E-state index in [-0.39, 0.29) is 17.7 Å². The smallest absolute Gasteiger partial charge is 0.339 e. The summed E-state index contributed by atoms with van der Waals surface area (Å²) in [6.07, 6.45) is 1.63. The molecule has 0 amide bonds. The Morgan fingerprint density at radius 3 is 2.36 bits per heavy atom. The fraction of sp³-hybridized carbons (Fsp3) is 0.350. The zero-order valence-electron chi connectivity index (χ0n) is 14.6. The lowest BCUT2D eigenvalue weighted by Gasteiger charge is -2.32. The second kappa shape index (κ2) is 7.47. The van der Waals surface area contributed by atoms with Crippen LogP contribution in [-0.2, 0) is 4.74 Å². The number of benzene rings is 1. The van der Waals surface area contributed by atoms with Crippen LogP contribution < -0.4 is 4.90 Å². The Hall–Kier alpha value is -2.69. The van der Waals surface area contributed by atoms with Crippen molar-refractivity contribution in [2.45, 2.75) is 19.8 Å². The van der Waals surface area contributed by atoms with Crippen molar-refractivity contribution < 1.29 is 14.3 Å². The molecular weight excluding hydrogens is 316 g/mol. The summed E-state index contributed by atoms with van der Waals surface area (Å²) in [5.74, 6) is 0.763. The first-order valence-electron chi connectivity index (χ1n) is 8.50. The molecule has 2 aromatic rings. The van der Waals surface area contributed by atoms with E-state index < -0.39 is 0 Å². The highest BCUT2D eigenvalue weighted by molar-refractivity contribution is 5.98. The fourth-order valence-corrected chi connectivity index (χ4v) is 3.26. The van der Waals surface area contributed by atoms with E-state index >= 15 is 0 Å². The summed E-state index contributed by atoms with van der Waals surface area (Å²) < 4.78 is 4.75. The zero-order chi connectivity index (χ0) is 17.8. The quantitative estimate of drug-likeness (QED) is 0.632. The average molecular weight is 338 g/mol. The number of carbonyl (C=O) groups excluding carboxylic acids is 2. The molecule has 130 valence electrons. The van der Waals surface area contributed by atoms with E-state index in [4.69, 9.17) is 4.74 Å². The van der Waals surface area contributed by atoms with Crippen molar-refractivity contribution in [2.24, 2.45) is 5.92 Å². The van der Waals surface area contributed by atoms with Gasteiger partial charge in [-0.3, -0.25) is 4.79 Å². The molecule has 1 aliphatic heterocycles. The van der Waals surface area contributed by atoms with Gasteiger partial charge in [-0.05, 0) is 31.9 Å². The maximum Gasteiger partial charge on any atom is 0.339 e. The van der Waals surface area contributed by atoms with E-state index in [0.29, 0.717) is 11.3 Å². The van der Waals surface area contributed by atoms with E-state index in [0.717, 1.165) is 37.3 Å². The minimum absolute atomic E-state index is 0.0640. The fourth-order valence-electron chi connectivity index (χ4n) is 3.26. The monoisotopic (exact) mass is 338 g/mol. The second-order valence-corrected chi connectivity index (χ2v) is 6.29. The van der Waals surface area contributed by atoms with Crippen LogP contribution in [0, 0.1) is 12.8 Å². The molecule has 1 aromatic heterocycles. The van der Waals surface area contributed by atoms with Gasteiger partial charge in [0.05, 0.1) is 18.4 Å². The first kappa shape index (κ1) is 17.1. The number of piperidine rings is 1. The van der Waals surface area contributed by atoms with E-state index in [1.165, 1.54) is 7.11 Å². The number of carbonyl (C=O) groups is 2. The van der Waals surface area contributed by atoms with Crippen molar-refractivity contribution in [1.29, 1.82) is 0 Å². The molecule has 5 nitrogen and oxygen atoms in total. The molecule has 2 heterocycles. The minimum atomic E-state index is -0.372. The number of aryl methyl sites for hydroxylation is 1. The van der Waals surface area contributed by atoms with Crippen LogP contribution in [0.3, 0.4) is 0 Å². The summed E-state index contributed by atoms with van der Waals surface area (Å²) in [6.45, 7) is 3.38. The third kappa shape index (κ3) is 3.71. The predicted octanol–water partition coefficient (Wildman–Crippen LogP) is 3.28. The van der Waals surface area contributed by atoms with Gasteiger partial charge in [-0.15, -0.1) is 0 Å². The highest BCUT2D eigenvalue weighted by Crippen LogP contribution is 2.25. The zero-order valence-corrected chi connectivity index (χ0v) is 14.6. The molecule has 0 saturated carbocycles. The topological polar surface area (TPSA) is 59.5 Å². The molecule has 0 spiro atoms. The summed E-state index contributed by atoms with van der Waals surface area (Å²) in [4.78, 5) is 30.9. The lowest BCUT2D eigenvalue weighted by atomic mass is 9.89. The van der Waals surface area contributed by atoms with Crippen molar-refractivity contribution >= 4 is 17.6 Å². The lowest BCUT2D eigenvalue weighted by Crippen LogP contribution is -2.37. The number of rotatable bonds is 4. The van der Waals surface area contributed by atoms with Gasteiger partial charge in [-0.25, -0.2) is 9.78 Å². The Morgan fingerprint density at radius 1 is 1.08 bits per heavy atom. The molecule has 1 aromatic carbocycles. The summed E-state index contributed by atoms with van der Waals surface area (Å²) in [5, 5.41) is 0. The first-order valence-corrected chi connectivity index (χ1v) is 8.50. The van der Waals surface area contributed by atoms with E-state index in [1.807, 2.05) is 36.4 Å². The largest absolute Gasteiger partial charge is 0.465 e. The Kier molecular flexibility index (Phi) is 5.12. The highest BCUT2D eigenvalue weighted by atomic mass is 16.5. The standard InChI is InChI=1S/C20H22N2O3/c1-14-17(20(24)25-2)8-9-18(21-14)22-12-10-16(11-13-22)19(23)15-6-4-3-5-7-15/h3-9,16H,10-13H2,1-2H3. The molecule has 25 heavy (non-hydrogen) atoms. The van der Waals surface area contributed by atoms with Gasteiger partial charge in [0.1, 0.15) is 5.82 Å². The number of ether oxygens (including phenoxy) is 1. The maximum absolute atomic E-state index is 12.6.